The van der Waals surface area contributed by atoms with E-state index in [-0.39, 0.29) is 94.8 Å². The van der Waals surface area contributed by atoms with Crippen LogP contribution in [0.2, 0.25) is 0 Å². The molecule has 0 aliphatic heterocycles. The maximum absolute atomic E-state index is 10.5. The Labute approximate surface area is 155 Å². The van der Waals surface area contributed by atoms with E-state index in [4.69, 9.17) is 49.2 Å². The van der Waals surface area contributed by atoms with Gasteiger partial charge in [0, 0.05) is 0 Å². The number of aromatic hydroxyl groups is 1. The largest absolute Gasteiger partial charge is 0.501 e. The van der Waals surface area contributed by atoms with Gasteiger partial charge < -0.3 is 54.3 Å². The van der Waals surface area contributed by atoms with Crippen molar-refractivity contribution in [1.29, 1.82) is 0 Å². The fourth-order valence-electron chi connectivity index (χ4n) is 2.03. The summed E-state index contributed by atoms with van der Waals surface area (Å²) in [5.41, 5.74) is 0. The SMILES string of the molecule is OCCOc1c(O)c(OCCO)c(OCCO)c(OCCO)c1OCCO. The van der Waals surface area contributed by atoms with Gasteiger partial charge in [-0.3, -0.25) is 0 Å². The first-order chi connectivity index (χ1) is 13.2. The maximum Gasteiger partial charge on any atom is 0.211 e. The van der Waals surface area contributed by atoms with Crippen molar-refractivity contribution >= 4 is 0 Å². The minimum Gasteiger partial charge on any atom is -0.501 e. The highest BCUT2D eigenvalue weighted by molar-refractivity contribution is 5.73. The van der Waals surface area contributed by atoms with Crippen LogP contribution in [-0.4, -0.2) is 96.7 Å². The van der Waals surface area contributed by atoms with Crippen LogP contribution in [0, 0.1) is 0 Å². The van der Waals surface area contributed by atoms with E-state index in [9.17, 15) is 5.11 Å². The minimum atomic E-state index is -0.547. The number of phenolic OH excluding ortho intramolecular Hbond substituents is 1. The summed E-state index contributed by atoms with van der Waals surface area (Å²) in [5.74, 6) is -1.43. The molecule has 27 heavy (non-hydrogen) atoms. The second-order valence-corrected chi connectivity index (χ2v) is 4.85. The zero-order chi connectivity index (χ0) is 20.1. The number of ether oxygens (including phenoxy) is 5. The average molecular weight is 394 g/mol. The van der Waals surface area contributed by atoms with Crippen LogP contribution in [0.25, 0.3) is 0 Å². The molecule has 0 unspecified atom stereocenters. The lowest BCUT2D eigenvalue weighted by Crippen LogP contribution is -2.14. The Hall–Kier alpha value is -2.18. The minimum absolute atomic E-state index is 0.107. The third-order valence-electron chi connectivity index (χ3n) is 2.94. The summed E-state index contributed by atoms with van der Waals surface area (Å²) >= 11 is 0. The van der Waals surface area contributed by atoms with E-state index in [1.807, 2.05) is 0 Å². The smallest absolute Gasteiger partial charge is 0.211 e. The van der Waals surface area contributed by atoms with Gasteiger partial charge in [0.05, 0.1) is 33.0 Å². The molecule has 0 aliphatic carbocycles. The Balaban J connectivity index is 3.57. The molecule has 0 heterocycles. The fraction of sp³-hybridized carbons (Fsp3) is 0.625. The van der Waals surface area contributed by atoms with Crippen molar-refractivity contribution in [3.63, 3.8) is 0 Å². The van der Waals surface area contributed by atoms with Crippen molar-refractivity contribution in [3.8, 4) is 34.5 Å². The van der Waals surface area contributed by atoms with E-state index >= 15 is 0 Å². The molecule has 1 aromatic carbocycles. The molecule has 0 spiro atoms. The Morgan fingerprint density at radius 3 is 0.889 bits per heavy atom. The zero-order valence-corrected chi connectivity index (χ0v) is 14.8. The Kier molecular flexibility index (Phi) is 11.1. The Morgan fingerprint density at radius 1 is 0.407 bits per heavy atom. The molecule has 156 valence electrons. The summed E-state index contributed by atoms with van der Waals surface area (Å²) in [5, 5.41) is 55.7. The Bertz CT molecular complexity index is 509. The number of phenols is 1. The molecular weight excluding hydrogens is 368 g/mol. The summed E-state index contributed by atoms with van der Waals surface area (Å²) in [6, 6.07) is 0. The molecule has 11 heteroatoms. The highest BCUT2D eigenvalue weighted by Crippen LogP contribution is 2.57. The van der Waals surface area contributed by atoms with Gasteiger partial charge in [-0.05, 0) is 0 Å². The topological polar surface area (TPSA) is 168 Å². The summed E-state index contributed by atoms with van der Waals surface area (Å²) in [6.07, 6.45) is 0. The second-order valence-electron chi connectivity index (χ2n) is 4.85. The van der Waals surface area contributed by atoms with Crippen molar-refractivity contribution in [2.45, 2.75) is 0 Å². The highest BCUT2D eigenvalue weighted by atomic mass is 16.6. The lowest BCUT2D eigenvalue weighted by Gasteiger charge is -2.23. The van der Waals surface area contributed by atoms with E-state index < -0.39 is 5.75 Å². The molecule has 0 radical (unpaired) electrons. The average Bonchev–Trinajstić information content (AvgIpc) is 2.68. The van der Waals surface area contributed by atoms with Crippen LogP contribution in [0.4, 0.5) is 0 Å². The van der Waals surface area contributed by atoms with Gasteiger partial charge in [-0.1, -0.05) is 0 Å². The lowest BCUT2D eigenvalue weighted by atomic mass is 10.2. The van der Waals surface area contributed by atoms with Gasteiger partial charge in [0.1, 0.15) is 33.0 Å². The molecule has 0 fully saturated rings. The van der Waals surface area contributed by atoms with Crippen LogP contribution in [0.15, 0.2) is 0 Å². The number of hydrogen-bond donors (Lipinski definition) is 6. The molecule has 0 saturated carbocycles. The van der Waals surface area contributed by atoms with Crippen molar-refractivity contribution in [2.75, 3.05) is 66.1 Å². The van der Waals surface area contributed by atoms with Gasteiger partial charge in [-0.2, -0.15) is 0 Å². The maximum atomic E-state index is 10.5. The van der Waals surface area contributed by atoms with E-state index in [2.05, 4.69) is 0 Å². The van der Waals surface area contributed by atoms with Crippen LogP contribution in [0.3, 0.4) is 0 Å². The molecule has 0 bridgehead atoms. The number of aliphatic hydroxyl groups is 5. The van der Waals surface area contributed by atoms with Gasteiger partial charge in [0.2, 0.25) is 34.5 Å². The highest BCUT2D eigenvalue weighted by Gasteiger charge is 2.30. The van der Waals surface area contributed by atoms with E-state index in [0.29, 0.717) is 0 Å². The summed E-state index contributed by atoms with van der Waals surface area (Å²) in [7, 11) is 0. The predicted molar refractivity (Wildman–Crippen MR) is 91.0 cm³/mol. The van der Waals surface area contributed by atoms with Crippen LogP contribution in [-0.2, 0) is 0 Å². The first-order valence-electron chi connectivity index (χ1n) is 8.27. The van der Waals surface area contributed by atoms with Crippen molar-refractivity contribution in [3.05, 3.63) is 0 Å². The van der Waals surface area contributed by atoms with Gasteiger partial charge in [-0.15, -0.1) is 0 Å². The summed E-state index contributed by atoms with van der Waals surface area (Å²) in [4.78, 5) is 0. The predicted octanol–water partition coefficient (Wildman–Crippen LogP) is -1.75. The van der Waals surface area contributed by atoms with Crippen LogP contribution in [0.1, 0.15) is 0 Å². The third-order valence-corrected chi connectivity index (χ3v) is 2.94. The Morgan fingerprint density at radius 2 is 0.630 bits per heavy atom. The number of aliphatic hydroxyl groups excluding tert-OH is 5. The molecule has 6 N–H and O–H groups in total. The molecule has 0 amide bonds. The monoisotopic (exact) mass is 394 g/mol. The lowest BCUT2D eigenvalue weighted by molar-refractivity contribution is 0.143. The number of hydrogen-bond acceptors (Lipinski definition) is 11. The molecule has 1 rings (SSSR count). The first kappa shape index (κ1) is 22.9. The van der Waals surface area contributed by atoms with Crippen LogP contribution < -0.4 is 23.7 Å². The van der Waals surface area contributed by atoms with E-state index in [0.717, 1.165) is 0 Å². The van der Waals surface area contributed by atoms with Gasteiger partial charge in [0.25, 0.3) is 0 Å². The fourth-order valence-corrected chi connectivity index (χ4v) is 2.03. The number of rotatable bonds is 15. The third kappa shape index (κ3) is 6.48. The van der Waals surface area contributed by atoms with Crippen molar-refractivity contribution in [1.82, 2.24) is 0 Å². The second kappa shape index (κ2) is 13.1. The molecule has 0 aliphatic rings. The summed E-state index contributed by atoms with van der Waals surface area (Å²) < 4.78 is 26.9. The van der Waals surface area contributed by atoms with E-state index in [1.165, 1.54) is 0 Å². The van der Waals surface area contributed by atoms with Crippen molar-refractivity contribution < 1.29 is 54.3 Å². The summed E-state index contributed by atoms with van der Waals surface area (Å²) in [6.45, 7) is -2.69. The normalized spacial score (nSPS) is 10.6. The quantitative estimate of drug-likeness (QED) is 0.199. The van der Waals surface area contributed by atoms with Crippen LogP contribution in [0.5, 0.6) is 34.5 Å². The van der Waals surface area contributed by atoms with Gasteiger partial charge >= 0.3 is 0 Å². The molecule has 0 saturated heterocycles. The van der Waals surface area contributed by atoms with Gasteiger partial charge in [-0.25, -0.2) is 0 Å². The molecule has 11 nitrogen and oxygen atoms in total. The van der Waals surface area contributed by atoms with Gasteiger partial charge in [0.15, 0.2) is 0 Å². The van der Waals surface area contributed by atoms with Crippen molar-refractivity contribution in [2.24, 2.45) is 0 Å². The van der Waals surface area contributed by atoms with Crippen LogP contribution >= 0.6 is 0 Å². The standard InChI is InChI=1S/C16H26O11/c17-1-6-23-12-11(22)13(24-7-2-18)15(26-9-4-20)16(27-10-5-21)14(12)25-8-3-19/h17-22H,1-10H2. The molecule has 1 aromatic rings. The zero-order valence-electron chi connectivity index (χ0n) is 14.8. The van der Waals surface area contributed by atoms with E-state index in [1.54, 1.807) is 0 Å². The molecule has 0 aromatic heterocycles. The number of benzene rings is 1. The molecular formula is C16H26O11. The first-order valence-corrected chi connectivity index (χ1v) is 8.27. The molecule has 0 atom stereocenters.